The Kier molecular flexibility index (Phi) is 11.0. The van der Waals surface area contributed by atoms with Crippen molar-refractivity contribution in [3.05, 3.63) is 22.3 Å². The van der Waals surface area contributed by atoms with Crippen LogP contribution in [0.1, 0.15) is 44.7 Å². The summed E-state index contributed by atoms with van der Waals surface area (Å²) in [5.41, 5.74) is 6.91. The lowest BCUT2D eigenvalue weighted by molar-refractivity contribution is -0.184. The number of aromatic nitrogens is 5. The molecule has 3 N–H and O–H groups in total. The smallest absolute Gasteiger partial charge is 0.358 e. The fourth-order valence-electron chi connectivity index (χ4n) is 5.38. The van der Waals surface area contributed by atoms with Crippen molar-refractivity contribution in [2.24, 2.45) is 5.92 Å². The Morgan fingerprint density at radius 2 is 2.02 bits per heavy atom. The van der Waals surface area contributed by atoms with Crippen LogP contribution >= 0.6 is 34.9 Å². The minimum atomic E-state index is -1.14. The van der Waals surface area contributed by atoms with Crippen LogP contribution < -0.4 is 11.1 Å². The molecule has 0 spiro atoms. The monoisotopic (exact) mass is 679 g/mol. The van der Waals surface area contributed by atoms with Crippen LogP contribution in [0.5, 0.6) is 0 Å². The third-order valence-corrected chi connectivity index (χ3v) is 10.7. The van der Waals surface area contributed by atoms with Gasteiger partial charge in [-0.1, -0.05) is 24.6 Å². The average molecular weight is 680 g/mol. The number of esters is 2. The molecule has 0 bridgehead atoms. The molecule has 0 radical (unpaired) electrons. The maximum Gasteiger partial charge on any atom is 0.358 e. The fraction of sp³-hybridized carbons (Fsp3) is 0.630. The second kappa shape index (κ2) is 14.9. The van der Waals surface area contributed by atoms with Crippen molar-refractivity contribution in [2.75, 3.05) is 37.9 Å². The van der Waals surface area contributed by atoms with Crippen molar-refractivity contribution < 1.29 is 28.7 Å². The third-order valence-electron chi connectivity index (χ3n) is 7.60. The molecule has 15 nitrogen and oxygen atoms in total. The molecule has 2 aromatic rings. The SMILES string of the molecule is CC(OC(=O)CC1CCCC1)OC(=O)C1=C(CSc2nnnn2CCN(C)C)CS[C@H]2[C@H](NC(=O)Cc3csc(N)n3)C(=O)N12. The Morgan fingerprint density at radius 1 is 1.24 bits per heavy atom. The maximum atomic E-state index is 13.6. The number of nitrogens with two attached hydrogens (primary N) is 1. The topological polar surface area (TPSA) is 188 Å². The number of nitrogen functional groups attached to an aromatic ring is 1. The summed E-state index contributed by atoms with van der Waals surface area (Å²) in [6, 6.07) is -0.824. The summed E-state index contributed by atoms with van der Waals surface area (Å²) in [5, 5.41) is 16.8. The highest BCUT2D eigenvalue weighted by atomic mass is 32.2. The van der Waals surface area contributed by atoms with Crippen molar-refractivity contribution in [1.29, 1.82) is 0 Å². The number of hydrogen-bond donors (Lipinski definition) is 2. The molecule has 3 atom stereocenters. The zero-order valence-corrected chi connectivity index (χ0v) is 27.8. The zero-order chi connectivity index (χ0) is 32.1. The summed E-state index contributed by atoms with van der Waals surface area (Å²) >= 11 is 4.01. The van der Waals surface area contributed by atoms with E-state index in [1.165, 1.54) is 46.7 Å². The van der Waals surface area contributed by atoms with E-state index >= 15 is 0 Å². The number of hydrogen-bond acceptors (Lipinski definition) is 15. The Hall–Kier alpha value is -3.22. The summed E-state index contributed by atoms with van der Waals surface area (Å²) in [4.78, 5) is 59.7. The molecule has 1 unspecified atom stereocenters. The molecule has 5 rings (SSSR count). The average Bonchev–Trinajstić information content (AvgIpc) is 3.76. The van der Waals surface area contributed by atoms with E-state index in [0.717, 1.165) is 32.2 Å². The van der Waals surface area contributed by atoms with Crippen LogP contribution in [0.2, 0.25) is 0 Å². The number of amides is 2. The molecule has 2 aromatic heterocycles. The van der Waals surface area contributed by atoms with E-state index in [0.29, 0.717) is 39.6 Å². The van der Waals surface area contributed by atoms with Crippen LogP contribution in [0.15, 0.2) is 21.8 Å². The Morgan fingerprint density at radius 3 is 2.73 bits per heavy atom. The number of likely N-dealkylation sites (N-methyl/N-ethyl adjacent to an activating group) is 1. The first-order chi connectivity index (χ1) is 21.6. The summed E-state index contributed by atoms with van der Waals surface area (Å²) in [5.74, 6) is -1.01. The lowest BCUT2D eigenvalue weighted by atomic mass is 10.0. The molecule has 2 aliphatic heterocycles. The van der Waals surface area contributed by atoms with Crippen molar-refractivity contribution in [3.63, 3.8) is 0 Å². The van der Waals surface area contributed by atoms with Crippen molar-refractivity contribution >= 4 is 63.7 Å². The number of anilines is 1. The number of β-lactam (4-membered cyclic amide) rings is 1. The predicted octanol–water partition coefficient (Wildman–Crippen LogP) is 1.27. The molecule has 1 saturated heterocycles. The van der Waals surface area contributed by atoms with E-state index in [2.05, 4.69) is 25.8 Å². The number of thiazole rings is 1. The minimum Gasteiger partial charge on any atom is -0.425 e. The highest BCUT2D eigenvalue weighted by Crippen LogP contribution is 2.42. The summed E-state index contributed by atoms with van der Waals surface area (Å²) in [6.45, 7) is 2.80. The van der Waals surface area contributed by atoms with Gasteiger partial charge in [-0.05, 0) is 48.9 Å². The number of nitrogens with one attached hydrogen (secondary N) is 1. The second-order valence-electron chi connectivity index (χ2n) is 11.4. The summed E-state index contributed by atoms with van der Waals surface area (Å²) in [7, 11) is 3.91. The number of tetrazole rings is 1. The molecule has 3 aliphatic rings. The van der Waals surface area contributed by atoms with Gasteiger partial charge in [-0.25, -0.2) is 14.5 Å². The van der Waals surface area contributed by atoms with Gasteiger partial charge in [-0.3, -0.25) is 19.3 Å². The molecule has 1 aliphatic carbocycles. The van der Waals surface area contributed by atoms with Gasteiger partial charge in [0.15, 0.2) is 5.13 Å². The van der Waals surface area contributed by atoms with Gasteiger partial charge in [-0.2, -0.15) is 0 Å². The van der Waals surface area contributed by atoms with Crippen molar-refractivity contribution in [1.82, 2.24) is 40.3 Å². The first-order valence-corrected chi connectivity index (χ1v) is 17.6. The van der Waals surface area contributed by atoms with Crippen LogP contribution in [0.3, 0.4) is 0 Å². The number of thioether (sulfide) groups is 2. The second-order valence-corrected chi connectivity index (χ2v) is 14.3. The number of ether oxygens (including phenoxy) is 2. The Bertz CT molecular complexity index is 1440. The lowest BCUT2D eigenvalue weighted by Crippen LogP contribution is -2.70. The predicted molar refractivity (Wildman–Crippen MR) is 168 cm³/mol. The van der Waals surface area contributed by atoms with Crippen molar-refractivity contribution in [3.8, 4) is 0 Å². The standard InChI is InChI=1S/C27H37N9O6S3/c1-15(41-20(38)10-16-6-4-5-7-16)42-25(40)22-17(13-45-27-31-32-33-35(27)9-8-34(2)3)12-43-24-21(23(39)36(22)24)30-19(37)11-18-14-44-26(28)29-18/h14-16,21,24H,4-13H2,1-3H3,(H2,28,29)(H,30,37)/t15?,21-,24+/m1/s1. The largest absolute Gasteiger partial charge is 0.425 e. The van der Waals surface area contributed by atoms with E-state index in [1.807, 2.05) is 19.0 Å². The fourth-order valence-corrected chi connectivity index (χ4v) is 8.33. The highest BCUT2D eigenvalue weighted by Gasteiger charge is 2.54. The number of fused-ring (bicyclic) bond motifs is 1. The van der Waals surface area contributed by atoms with Gasteiger partial charge in [0.2, 0.25) is 17.4 Å². The van der Waals surface area contributed by atoms with E-state index in [1.54, 1.807) is 10.1 Å². The molecular weight excluding hydrogens is 643 g/mol. The highest BCUT2D eigenvalue weighted by molar-refractivity contribution is 8.01. The van der Waals surface area contributed by atoms with Gasteiger partial charge < -0.3 is 25.4 Å². The number of rotatable bonds is 14. The molecule has 45 heavy (non-hydrogen) atoms. The van der Waals surface area contributed by atoms with Crippen LogP contribution in [-0.4, -0.2) is 109 Å². The van der Waals surface area contributed by atoms with Gasteiger partial charge in [0.05, 0.1) is 18.7 Å². The molecule has 1 saturated carbocycles. The van der Waals surface area contributed by atoms with Gasteiger partial charge in [0.25, 0.3) is 5.91 Å². The number of carbonyl (C=O) groups is 4. The number of carbonyl (C=O) groups excluding carboxylic acids is 4. The lowest BCUT2D eigenvalue weighted by Gasteiger charge is -2.49. The van der Waals surface area contributed by atoms with Crippen LogP contribution in [0, 0.1) is 5.92 Å². The van der Waals surface area contributed by atoms with Gasteiger partial charge in [0, 0.05) is 36.8 Å². The maximum absolute atomic E-state index is 13.6. The zero-order valence-electron chi connectivity index (χ0n) is 25.3. The molecule has 2 fully saturated rings. The Balaban J connectivity index is 1.28. The molecule has 0 aromatic carbocycles. The molecule has 18 heteroatoms. The van der Waals surface area contributed by atoms with E-state index < -0.39 is 35.6 Å². The van der Waals surface area contributed by atoms with Crippen LogP contribution in [-0.2, 0) is 41.6 Å². The van der Waals surface area contributed by atoms with E-state index in [9.17, 15) is 19.2 Å². The van der Waals surface area contributed by atoms with Crippen molar-refractivity contribution in [2.45, 2.75) is 74.9 Å². The van der Waals surface area contributed by atoms with E-state index in [4.69, 9.17) is 15.2 Å². The quantitative estimate of drug-likeness (QED) is 0.126. The molecule has 244 valence electrons. The van der Waals surface area contributed by atoms with Gasteiger partial charge >= 0.3 is 11.9 Å². The molecule has 4 heterocycles. The van der Waals surface area contributed by atoms with Gasteiger partial charge in [-0.15, -0.1) is 28.2 Å². The molecular formula is C27H37N9O6S3. The summed E-state index contributed by atoms with van der Waals surface area (Å²) in [6.07, 6.45) is 3.30. The van der Waals surface area contributed by atoms with E-state index in [-0.39, 0.29) is 30.4 Å². The molecule has 2 amide bonds. The summed E-state index contributed by atoms with van der Waals surface area (Å²) < 4.78 is 12.7. The Labute approximate surface area is 273 Å². The first kappa shape index (κ1) is 33.2. The van der Waals surface area contributed by atoms with Crippen LogP contribution in [0.4, 0.5) is 5.13 Å². The van der Waals surface area contributed by atoms with Gasteiger partial charge in [0.1, 0.15) is 17.1 Å². The normalized spacial score (nSPS) is 20.6. The first-order valence-electron chi connectivity index (χ1n) is 14.7. The third kappa shape index (κ3) is 8.33. The number of nitrogens with zero attached hydrogens (tertiary/aromatic N) is 7. The van der Waals surface area contributed by atoms with Crippen LogP contribution in [0.25, 0.3) is 0 Å². The minimum absolute atomic E-state index is 0.0201.